The Morgan fingerprint density at radius 1 is 1.22 bits per heavy atom. The fourth-order valence-electron chi connectivity index (χ4n) is 1.72. The molecular weight excluding hydrogens is 246 g/mol. The van der Waals surface area contributed by atoms with Crippen molar-refractivity contribution in [3.63, 3.8) is 0 Å². The molecule has 0 aliphatic heterocycles. The van der Waals surface area contributed by atoms with Crippen LogP contribution in [0.5, 0.6) is 5.75 Å². The molecule has 2 nitrogen and oxygen atoms in total. The predicted octanol–water partition coefficient (Wildman–Crippen LogP) is 4.22. The first-order valence-corrected chi connectivity index (χ1v) is 7.08. The molecule has 0 amide bonds. The summed E-state index contributed by atoms with van der Waals surface area (Å²) in [5.41, 5.74) is 1.24. The minimum Gasteiger partial charge on any atom is -0.492 e. The summed E-state index contributed by atoms with van der Waals surface area (Å²) < 4.78 is 5.67. The van der Waals surface area contributed by atoms with E-state index in [9.17, 15) is 0 Å². The summed E-state index contributed by atoms with van der Waals surface area (Å²) in [4.78, 5) is 2.36. The maximum atomic E-state index is 6.24. The van der Waals surface area contributed by atoms with Crippen LogP contribution in [-0.4, -0.2) is 24.6 Å². The number of ether oxygens (including phenoxy) is 1. The van der Waals surface area contributed by atoms with E-state index in [-0.39, 0.29) is 0 Å². The molecule has 0 saturated carbocycles. The lowest BCUT2D eigenvalue weighted by Crippen LogP contribution is -2.22. The average molecular weight is 270 g/mol. The Kier molecular flexibility index (Phi) is 6.51. The number of benzene rings is 1. The zero-order valence-corrected chi connectivity index (χ0v) is 12.6. The molecule has 0 aliphatic rings. The summed E-state index contributed by atoms with van der Waals surface area (Å²) in [7, 11) is 0. The highest BCUT2D eigenvalue weighted by Crippen LogP contribution is 2.26. The van der Waals surface area contributed by atoms with Crippen molar-refractivity contribution in [1.29, 1.82) is 0 Å². The lowest BCUT2D eigenvalue weighted by molar-refractivity contribution is 0.270. The molecule has 0 heterocycles. The van der Waals surface area contributed by atoms with Crippen molar-refractivity contribution in [3.05, 3.63) is 28.8 Å². The van der Waals surface area contributed by atoms with Crippen molar-refractivity contribution >= 4 is 11.6 Å². The van der Waals surface area contributed by atoms with Gasteiger partial charge < -0.3 is 4.74 Å². The highest BCUT2D eigenvalue weighted by Gasteiger charge is 2.06. The van der Waals surface area contributed by atoms with Crippen LogP contribution in [0.25, 0.3) is 0 Å². The van der Waals surface area contributed by atoms with E-state index in [1.807, 2.05) is 12.1 Å². The molecule has 0 aliphatic carbocycles. The van der Waals surface area contributed by atoms with E-state index >= 15 is 0 Å². The van der Waals surface area contributed by atoms with Crippen molar-refractivity contribution in [2.24, 2.45) is 5.92 Å². The van der Waals surface area contributed by atoms with Crippen LogP contribution in [0.4, 0.5) is 0 Å². The average Bonchev–Trinajstić information content (AvgIpc) is 2.34. The predicted molar refractivity (Wildman–Crippen MR) is 78.4 cm³/mol. The van der Waals surface area contributed by atoms with Crippen molar-refractivity contribution in [1.82, 2.24) is 4.90 Å². The van der Waals surface area contributed by atoms with E-state index in [1.54, 1.807) is 0 Å². The van der Waals surface area contributed by atoms with Crippen molar-refractivity contribution in [3.8, 4) is 5.75 Å². The second-order valence-corrected chi connectivity index (χ2v) is 5.34. The van der Waals surface area contributed by atoms with Crippen LogP contribution in [0.15, 0.2) is 18.2 Å². The van der Waals surface area contributed by atoms with E-state index in [0.717, 1.165) is 25.4 Å². The monoisotopic (exact) mass is 269 g/mol. The van der Waals surface area contributed by atoms with Gasteiger partial charge in [-0.15, -0.1) is 0 Å². The second kappa shape index (κ2) is 7.65. The SMILES string of the molecule is CCN(CC)Cc1ccc(OCC(C)C)c(Cl)c1. The smallest absolute Gasteiger partial charge is 0.137 e. The molecule has 102 valence electrons. The Balaban J connectivity index is 2.66. The van der Waals surface area contributed by atoms with E-state index in [0.29, 0.717) is 17.5 Å². The van der Waals surface area contributed by atoms with Gasteiger partial charge in [-0.3, -0.25) is 4.90 Å². The first-order chi connectivity index (χ1) is 8.56. The molecular formula is C15H24ClNO. The summed E-state index contributed by atoms with van der Waals surface area (Å²) >= 11 is 6.24. The molecule has 3 heteroatoms. The molecule has 0 spiro atoms. The second-order valence-electron chi connectivity index (χ2n) is 4.93. The molecule has 0 radical (unpaired) electrons. The van der Waals surface area contributed by atoms with Crippen LogP contribution in [0.1, 0.15) is 33.3 Å². The first kappa shape index (κ1) is 15.3. The van der Waals surface area contributed by atoms with Gasteiger partial charge in [0.15, 0.2) is 0 Å². The molecule has 0 N–H and O–H groups in total. The molecule has 0 fully saturated rings. The Morgan fingerprint density at radius 3 is 2.39 bits per heavy atom. The van der Waals surface area contributed by atoms with Crippen molar-refractivity contribution < 1.29 is 4.74 Å². The topological polar surface area (TPSA) is 12.5 Å². The third-order valence-corrected chi connectivity index (χ3v) is 3.16. The third kappa shape index (κ3) is 4.87. The lowest BCUT2D eigenvalue weighted by Gasteiger charge is -2.18. The van der Waals surface area contributed by atoms with Crippen molar-refractivity contribution in [2.45, 2.75) is 34.2 Å². The van der Waals surface area contributed by atoms with Crippen LogP contribution < -0.4 is 4.74 Å². The maximum absolute atomic E-state index is 6.24. The summed E-state index contributed by atoms with van der Waals surface area (Å²) in [6.07, 6.45) is 0. The summed E-state index contributed by atoms with van der Waals surface area (Å²) in [6, 6.07) is 6.08. The summed E-state index contributed by atoms with van der Waals surface area (Å²) in [5.74, 6) is 1.30. The highest BCUT2D eigenvalue weighted by atomic mass is 35.5. The largest absolute Gasteiger partial charge is 0.492 e. The summed E-state index contributed by atoms with van der Waals surface area (Å²) in [6.45, 7) is 12.4. The molecule has 0 atom stereocenters. The number of halogens is 1. The van der Waals surface area contributed by atoms with Gasteiger partial charge in [0, 0.05) is 6.54 Å². The van der Waals surface area contributed by atoms with Crippen LogP contribution in [0.3, 0.4) is 0 Å². The summed E-state index contributed by atoms with van der Waals surface area (Å²) in [5, 5.41) is 0.709. The Labute approximate surface area is 116 Å². The van der Waals surface area contributed by atoms with E-state index in [2.05, 4.69) is 38.7 Å². The minimum atomic E-state index is 0.511. The van der Waals surface area contributed by atoms with Crippen LogP contribution in [0.2, 0.25) is 5.02 Å². The number of hydrogen-bond acceptors (Lipinski definition) is 2. The van der Waals surface area contributed by atoms with Gasteiger partial charge in [-0.1, -0.05) is 45.4 Å². The van der Waals surface area contributed by atoms with Gasteiger partial charge in [0.05, 0.1) is 11.6 Å². The molecule has 0 bridgehead atoms. The maximum Gasteiger partial charge on any atom is 0.137 e. The number of rotatable bonds is 7. The normalized spacial score (nSPS) is 11.3. The van der Waals surface area contributed by atoms with Crippen LogP contribution in [0, 0.1) is 5.92 Å². The van der Waals surface area contributed by atoms with E-state index < -0.39 is 0 Å². The fourth-order valence-corrected chi connectivity index (χ4v) is 1.98. The van der Waals surface area contributed by atoms with Gasteiger partial charge in [-0.25, -0.2) is 0 Å². The molecule has 1 rings (SSSR count). The molecule has 0 saturated heterocycles. The van der Waals surface area contributed by atoms with Gasteiger partial charge in [-0.05, 0) is 36.7 Å². The molecule has 0 unspecified atom stereocenters. The van der Waals surface area contributed by atoms with Gasteiger partial charge >= 0.3 is 0 Å². The van der Waals surface area contributed by atoms with Crippen LogP contribution in [-0.2, 0) is 6.54 Å². The lowest BCUT2D eigenvalue weighted by atomic mass is 10.2. The Hall–Kier alpha value is -0.730. The van der Waals surface area contributed by atoms with Gasteiger partial charge in [0.25, 0.3) is 0 Å². The molecule has 0 aromatic heterocycles. The Bertz CT molecular complexity index is 362. The number of hydrogen-bond donors (Lipinski definition) is 0. The molecule has 1 aromatic rings. The van der Waals surface area contributed by atoms with Gasteiger partial charge in [0.2, 0.25) is 0 Å². The zero-order valence-electron chi connectivity index (χ0n) is 11.9. The quantitative estimate of drug-likeness (QED) is 0.735. The first-order valence-electron chi connectivity index (χ1n) is 6.70. The Morgan fingerprint density at radius 2 is 1.89 bits per heavy atom. The van der Waals surface area contributed by atoms with Crippen LogP contribution >= 0.6 is 11.6 Å². The van der Waals surface area contributed by atoms with E-state index in [1.165, 1.54) is 5.56 Å². The molecule has 18 heavy (non-hydrogen) atoms. The van der Waals surface area contributed by atoms with Gasteiger partial charge in [-0.2, -0.15) is 0 Å². The number of nitrogens with zero attached hydrogens (tertiary/aromatic N) is 1. The van der Waals surface area contributed by atoms with Gasteiger partial charge in [0.1, 0.15) is 5.75 Å². The van der Waals surface area contributed by atoms with Crippen molar-refractivity contribution in [2.75, 3.05) is 19.7 Å². The highest BCUT2D eigenvalue weighted by molar-refractivity contribution is 6.32. The minimum absolute atomic E-state index is 0.511. The zero-order chi connectivity index (χ0) is 13.5. The fraction of sp³-hybridized carbons (Fsp3) is 0.600. The standard InChI is InChI=1S/C15H24ClNO/c1-5-17(6-2)10-13-7-8-15(14(16)9-13)18-11-12(3)4/h7-9,12H,5-6,10-11H2,1-4H3. The van der Waals surface area contributed by atoms with E-state index in [4.69, 9.17) is 16.3 Å². The molecule has 1 aromatic carbocycles. The third-order valence-electron chi connectivity index (χ3n) is 2.87.